The van der Waals surface area contributed by atoms with Gasteiger partial charge in [0.15, 0.2) is 5.96 Å². The van der Waals surface area contributed by atoms with Crippen LogP contribution in [-0.4, -0.2) is 34.5 Å². The van der Waals surface area contributed by atoms with Crippen LogP contribution in [0.3, 0.4) is 0 Å². The second kappa shape index (κ2) is 6.56. The standard InChI is InChI=1S/C14H21N5S/c1-11-17-13(10-20-11)9-19(4)14(15-2)16-7-12-5-6-18(3)8-12/h5-6,8,10H,7,9H2,1-4H3,(H,15,16). The molecule has 0 aliphatic rings. The summed E-state index contributed by atoms with van der Waals surface area (Å²) in [4.78, 5) is 10.9. The summed E-state index contributed by atoms with van der Waals surface area (Å²) >= 11 is 1.68. The summed E-state index contributed by atoms with van der Waals surface area (Å²) in [6.45, 7) is 3.56. The lowest BCUT2D eigenvalue weighted by Gasteiger charge is -2.21. The SMILES string of the molecule is CN=C(NCc1ccn(C)c1)N(C)Cc1csc(C)n1. The Morgan fingerprint density at radius 2 is 2.35 bits per heavy atom. The number of thiazole rings is 1. The zero-order chi connectivity index (χ0) is 14.5. The van der Waals surface area contributed by atoms with Gasteiger partial charge in [0.1, 0.15) is 0 Å². The van der Waals surface area contributed by atoms with E-state index < -0.39 is 0 Å². The zero-order valence-electron chi connectivity index (χ0n) is 12.4. The molecule has 0 aliphatic heterocycles. The maximum Gasteiger partial charge on any atom is 0.194 e. The average molecular weight is 291 g/mol. The molecule has 2 heterocycles. The van der Waals surface area contributed by atoms with Gasteiger partial charge in [0.05, 0.1) is 17.2 Å². The Kier molecular flexibility index (Phi) is 4.79. The Morgan fingerprint density at radius 3 is 2.90 bits per heavy atom. The van der Waals surface area contributed by atoms with Crippen LogP contribution in [0.15, 0.2) is 28.8 Å². The van der Waals surface area contributed by atoms with Gasteiger partial charge < -0.3 is 14.8 Å². The first kappa shape index (κ1) is 14.6. The minimum atomic E-state index is 0.763. The highest BCUT2D eigenvalue weighted by atomic mass is 32.1. The highest BCUT2D eigenvalue weighted by Crippen LogP contribution is 2.09. The van der Waals surface area contributed by atoms with Gasteiger partial charge in [-0.1, -0.05) is 0 Å². The van der Waals surface area contributed by atoms with Crippen molar-refractivity contribution in [1.82, 2.24) is 19.8 Å². The molecule has 0 amide bonds. The summed E-state index contributed by atoms with van der Waals surface area (Å²) in [5.41, 5.74) is 2.32. The molecule has 5 nitrogen and oxygen atoms in total. The topological polar surface area (TPSA) is 45.5 Å². The van der Waals surface area contributed by atoms with Crippen molar-refractivity contribution < 1.29 is 0 Å². The van der Waals surface area contributed by atoms with Gasteiger partial charge in [-0.2, -0.15) is 0 Å². The molecule has 0 aliphatic carbocycles. The lowest BCUT2D eigenvalue weighted by Crippen LogP contribution is -2.38. The molecule has 2 rings (SSSR count). The molecule has 6 heteroatoms. The number of nitrogens with one attached hydrogen (secondary N) is 1. The summed E-state index contributed by atoms with van der Waals surface area (Å²) < 4.78 is 2.04. The van der Waals surface area contributed by atoms with Gasteiger partial charge in [-0.25, -0.2) is 4.98 Å². The van der Waals surface area contributed by atoms with Crippen molar-refractivity contribution >= 4 is 17.3 Å². The Hall–Kier alpha value is -1.82. The number of hydrogen-bond donors (Lipinski definition) is 1. The third kappa shape index (κ3) is 3.84. The van der Waals surface area contributed by atoms with E-state index in [1.54, 1.807) is 18.4 Å². The van der Waals surface area contributed by atoms with E-state index in [9.17, 15) is 0 Å². The van der Waals surface area contributed by atoms with Crippen molar-refractivity contribution in [3.8, 4) is 0 Å². The molecule has 0 saturated carbocycles. The number of hydrogen-bond acceptors (Lipinski definition) is 3. The fourth-order valence-electron chi connectivity index (χ4n) is 2.03. The van der Waals surface area contributed by atoms with E-state index in [4.69, 9.17) is 0 Å². The van der Waals surface area contributed by atoms with E-state index in [0.717, 1.165) is 29.8 Å². The molecule has 0 fully saturated rings. The largest absolute Gasteiger partial charge is 0.357 e. The van der Waals surface area contributed by atoms with Crippen LogP contribution < -0.4 is 5.32 Å². The molecule has 0 bridgehead atoms. The monoisotopic (exact) mass is 291 g/mol. The third-order valence-corrected chi connectivity index (χ3v) is 3.81. The van der Waals surface area contributed by atoms with E-state index >= 15 is 0 Å². The Balaban J connectivity index is 1.90. The van der Waals surface area contributed by atoms with Crippen molar-refractivity contribution in [2.24, 2.45) is 12.0 Å². The van der Waals surface area contributed by atoms with Crippen molar-refractivity contribution in [2.45, 2.75) is 20.0 Å². The van der Waals surface area contributed by atoms with E-state index in [0.29, 0.717) is 0 Å². The van der Waals surface area contributed by atoms with Crippen LogP contribution in [0.25, 0.3) is 0 Å². The molecule has 2 aromatic heterocycles. The van der Waals surface area contributed by atoms with Crippen LogP contribution in [0.5, 0.6) is 0 Å². The van der Waals surface area contributed by atoms with Crippen molar-refractivity contribution in [2.75, 3.05) is 14.1 Å². The Morgan fingerprint density at radius 1 is 1.55 bits per heavy atom. The number of aryl methyl sites for hydroxylation is 2. The van der Waals surface area contributed by atoms with Crippen molar-refractivity contribution in [1.29, 1.82) is 0 Å². The molecule has 1 N–H and O–H groups in total. The molecule has 108 valence electrons. The molecule has 20 heavy (non-hydrogen) atoms. The maximum absolute atomic E-state index is 4.48. The second-order valence-electron chi connectivity index (χ2n) is 4.80. The molecule has 0 spiro atoms. The number of aromatic nitrogens is 2. The minimum Gasteiger partial charge on any atom is -0.357 e. The van der Waals surface area contributed by atoms with E-state index in [2.05, 4.69) is 37.8 Å². The van der Waals surface area contributed by atoms with E-state index in [-0.39, 0.29) is 0 Å². The normalized spacial score (nSPS) is 11.7. The van der Waals surface area contributed by atoms with Crippen LogP contribution in [0.1, 0.15) is 16.3 Å². The summed E-state index contributed by atoms with van der Waals surface area (Å²) in [5.74, 6) is 0.875. The van der Waals surface area contributed by atoms with Gasteiger partial charge in [0.25, 0.3) is 0 Å². The van der Waals surface area contributed by atoms with Crippen LogP contribution in [0, 0.1) is 6.92 Å². The highest BCUT2D eigenvalue weighted by molar-refractivity contribution is 7.09. The quantitative estimate of drug-likeness (QED) is 0.692. The van der Waals surface area contributed by atoms with E-state index in [1.165, 1.54) is 5.56 Å². The predicted octanol–water partition coefficient (Wildman–Crippen LogP) is 2.00. The van der Waals surface area contributed by atoms with Gasteiger partial charge in [-0.15, -0.1) is 11.3 Å². The smallest absolute Gasteiger partial charge is 0.194 e. The predicted molar refractivity (Wildman–Crippen MR) is 83.9 cm³/mol. The average Bonchev–Trinajstić information content (AvgIpc) is 2.99. The first-order chi connectivity index (χ1) is 9.58. The van der Waals surface area contributed by atoms with Gasteiger partial charge in [-0.3, -0.25) is 4.99 Å². The number of rotatable bonds is 4. The van der Waals surface area contributed by atoms with Gasteiger partial charge in [0.2, 0.25) is 0 Å². The molecular formula is C14H21N5S. The molecule has 2 aromatic rings. The summed E-state index contributed by atoms with van der Waals surface area (Å²) in [6, 6.07) is 2.10. The second-order valence-corrected chi connectivity index (χ2v) is 5.86. The first-order valence-electron chi connectivity index (χ1n) is 6.52. The van der Waals surface area contributed by atoms with Gasteiger partial charge >= 0.3 is 0 Å². The van der Waals surface area contributed by atoms with Gasteiger partial charge in [-0.05, 0) is 18.6 Å². The van der Waals surface area contributed by atoms with Crippen LogP contribution in [-0.2, 0) is 20.1 Å². The van der Waals surface area contributed by atoms with Crippen molar-refractivity contribution in [3.63, 3.8) is 0 Å². The van der Waals surface area contributed by atoms with Crippen molar-refractivity contribution in [3.05, 3.63) is 40.1 Å². The molecule has 0 aromatic carbocycles. The first-order valence-corrected chi connectivity index (χ1v) is 7.40. The molecular weight excluding hydrogens is 270 g/mol. The minimum absolute atomic E-state index is 0.763. The summed E-state index contributed by atoms with van der Waals surface area (Å²) in [6.07, 6.45) is 4.14. The molecule has 0 radical (unpaired) electrons. The summed E-state index contributed by atoms with van der Waals surface area (Å²) in [5, 5.41) is 6.56. The highest BCUT2D eigenvalue weighted by Gasteiger charge is 2.08. The van der Waals surface area contributed by atoms with Crippen LogP contribution in [0.4, 0.5) is 0 Å². The molecule has 0 atom stereocenters. The van der Waals surface area contributed by atoms with Crippen LogP contribution in [0.2, 0.25) is 0 Å². The number of aliphatic imine (C=N–C) groups is 1. The maximum atomic E-state index is 4.48. The summed E-state index contributed by atoms with van der Waals surface area (Å²) in [7, 11) is 5.85. The van der Waals surface area contributed by atoms with Crippen LogP contribution >= 0.6 is 11.3 Å². The lowest BCUT2D eigenvalue weighted by molar-refractivity contribution is 0.470. The fraction of sp³-hybridized carbons (Fsp3) is 0.429. The third-order valence-electron chi connectivity index (χ3n) is 2.98. The molecule has 0 saturated heterocycles. The lowest BCUT2D eigenvalue weighted by atomic mass is 10.3. The molecule has 0 unspecified atom stereocenters. The fourth-order valence-corrected chi connectivity index (χ4v) is 2.63. The Labute approximate surface area is 124 Å². The zero-order valence-corrected chi connectivity index (χ0v) is 13.2. The number of nitrogens with zero attached hydrogens (tertiary/aromatic N) is 4. The van der Waals surface area contributed by atoms with E-state index in [1.807, 2.05) is 31.8 Å². The number of guanidine groups is 1. The van der Waals surface area contributed by atoms with Gasteiger partial charge in [0, 0.05) is 45.5 Å². The Bertz CT molecular complexity index is 584.